The second kappa shape index (κ2) is 9.70. The number of methoxy groups -OCH3 is 1. The SMILES string of the molecule is COc1cc(NC(=O)O)cc2c1nc(C(F)F)n2-c1nc(-c2cccnc2)cc(N2CCOCC2)n1. The molecule has 36 heavy (non-hydrogen) atoms. The Labute approximate surface area is 203 Å². The number of nitrogens with zero attached hydrogens (tertiary/aromatic N) is 6. The van der Waals surface area contributed by atoms with Gasteiger partial charge in [-0.1, -0.05) is 0 Å². The molecule has 0 atom stereocenters. The Morgan fingerprint density at radius 3 is 2.67 bits per heavy atom. The van der Waals surface area contributed by atoms with Crippen LogP contribution in [0.1, 0.15) is 12.2 Å². The lowest BCUT2D eigenvalue weighted by atomic mass is 10.2. The van der Waals surface area contributed by atoms with Crippen LogP contribution in [0.2, 0.25) is 0 Å². The van der Waals surface area contributed by atoms with Crippen molar-refractivity contribution < 1.29 is 28.2 Å². The van der Waals surface area contributed by atoms with E-state index in [9.17, 15) is 18.7 Å². The van der Waals surface area contributed by atoms with Crippen molar-refractivity contribution in [1.29, 1.82) is 0 Å². The van der Waals surface area contributed by atoms with Crippen molar-refractivity contribution in [2.45, 2.75) is 6.43 Å². The summed E-state index contributed by atoms with van der Waals surface area (Å²) in [6.45, 7) is 2.13. The fourth-order valence-electron chi connectivity index (χ4n) is 4.01. The third kappa shape index (κ3) is 4.47. The van der Waals surface area contributed by atoms with Gasteiger partial charge in [0.15, 0.2) is 5.82 Å². The molecule has 1 amide bonds. The van der Waals surface area contributed by atoms with E-state index in [0.29, 0.717) is 43.4 Å². The first-order valence-corrected chi connectivity index (χ1v) is 11.0. The van der Waals surface area contributed by atoms with Crippen molar-refractivity contribution >= 4 is 28.6 Å². The van der Waals surface area contributed by atoms with Crippen molar-refractivity contribution in [2.75, 3.05) is 43.6 Å². The Morgan fingerprint density at radius 2 is 2.00 bits per heavy atom. The van der Waals surface area contributed by atoms with E-state index in [1.54, 1.807) is 30.6 Å². The topological polar surface area (TPSA) is 128 Å². The van der Waals surface area contributed by atoms with Gasteiger partial charge in [-0.3, -0.25) is 14.9 Å². The number of carboxylic acid groups (broad SMARTS) is 1. The highest BCUT2D eigenvalue weighted by atomic mass is 19.3. The molecule has 0 aliphatic carbocycles. The predicted octanol–water partition coefficient (Wildman–Crippen LogP) is 3.75. The Balaban J connectivity index is 1.78. The molecule has 5 rings (SSSR count). The van der Waals surface area contributed by atoms with Crippen LogP contribution in [0, 0.1) is 0 Å². The summed E-state index contributed by atoms with van der Waals surface area (Å²) in [5.74, 6) is -0.0121. The third-order valence-corrected chi connectivity index (χ3v) is 5.61. The molecule has 0 unspecified atom stereocenters. The molecule has 4 aromatic rings. The molecular weight excluding hydrogens is 476 g/mol. The van der Waals surface area contributed by atoms with Crippen LogP contribution in [0.15, 0.2) is 42.7 Å². The van der Waals surface area contributed by atoms with Gasteiger partial charge in [-0.25, -0.2) is 23.5 Å². The van der Waals surface area contributed by atoms with Gasteiger partial charge in [-0.15, -0.1) is 0 Å². The van der Waals surface area contributed by atoms with E-state index in [0.717, 1.165) is 4.57 Å². The van der Waals surface area contributed by atoms with Gasteiger partial charge in [0.05, 0.1) is 31.5 Å². The first-order chi connectivity index (χ1) is 17.4. The largest absolute Gasteiger partial charge is 0.494 e. The third-order valence-electron chi connectivity index (χ3n) is 5.61. The van der Waals surface area contributed by atoms with Gasteiger partial charge in [0.1, 0.15) is 17.1 Å². The average molecular weight is 497 g/mol. The highest BCUT2D eigenvalue weighted by molar-refractivity contribution is 5.92. The van der Waals surface area contributed by atoms with E-state index in [1.165, 1.54) is 19.2 Å². The number of nitrogens with one attached hydrogen (secondary N) is 1. The zero-order valence-corrected chi connectivity index (χ0v) is 19.1. The molecule has 1 fully saturated rings. The van der Waals surface area contributed by atoms with E-state index in [2.05, 4.69) is 25.3 Å². The van der Waals surface area contributed by atoms with E-state index in [4.69, 9.17) is 9.47 Å². The van der Waals surface area contributed by atoms with E-state index < -0.39 is 18.3 Å². The fraction of sp³-hybridized carbons (Fsp3) is 0.261. The number of hydrogen-bond donors (Lipinski definition) is 2. The number of benzene rings is 1. The molecule has 2 N–H and O–H groups in total. The van der Waals surface area contributed by atoms with Crippen LogP contribution in [0.4, 0.5) is 25.1 Å². The zero-order valence-electron chi connectivity index (χ0n) is 19.1. The number of imidazole rings is 1. The number of amides is 1. The van der Waals surface area contributed by atoms with Crippen molar-refractivity contribution in [2.24, 2.45) is 0 Å². The molecule has 3 aromatic heterocycles. The highest BCUT2D eigenvalue weighted by Gasteiger charge is 2.26. The zero-order chi connectivity index (χ0) is 25.2. The van der Waals surface area contributed by atoms with Crippen LogP contribution < -0.4 is 15.0 Å². The van der Waals surface area contributed by atoms with Gasteiger partial charge in [0.25, 0.3) is 6.43 Å². The lowest BCUT2D eigenvalue weighted by Gasteiger charge is -2.28. The average Bonchev–Trinajstić information content (AvgIpc) is 3.28. The molecule has 13 heteroatoms. The van der Waals surface area contributed by atoms with Crippen molar-refractivity contribution in [1.82, 2.24) is 24.5 Å². The molecule has 1 aliphatic rings. The number of pyridine rings is 1. The highest BCUT2D eigenvalue weighted by Crippen LogP contribution is 2.35. The van der Waals surface area contributed by atoms with Gasteiger partial charge in [0, 0.05) is 48.9 Å². The number of hydrogen-bond acceptors (Lipinski definition) is 8. The molecular formula is C23H21F2N7O4. The maximum absolute atomic E-state index is 14.3. The summed E-state index contributed by atoms with van der Waals surface area (Å²) in [7, 11) is 1.34. The van der Waals surface area contributed by atoms with Crippen molar-refractivity contribution in [3.05, 3.63) is 48.5 Å². The van der Waals surface area contributed by atoms with Gasteiger partial charge >= 0.3 is 6.09 Å². The summed E-state index contributed by atoms with van der Waals surface area (Å²) in [4.78, 5) is 30.7. The summed E-state index contributed by atoms with van der Waals surface area (Å²) >= 11 is 0. The lowest BCUT2D eigenvalue weighted by molar-refractivity contribution is 0.122. The summed E-state index contributed by atoms with van der Waals surface area (Å²) in [5.41, 5.74) is 1.54. The number of fused-ring (bicyclic) bond motifs is 1. The molecule has 186 valence electrons. The second-order valence-corrected chi connectivity index (χ2v) is 7.84. The molecule has 0 bridgehead atoms. The Morgan fingerprint density at radius 1 is 1.19 bits per heavy atom. The van der Waals surface area contributed by atoms with Crippen molar-refractivity contribution in [3.8, 4) is 23.0 Å². The van der Waals surface area contributed by atoms with E-state index in [1.807, 2.05) is 4.90 Å². The minimum absolute atomic E-state index is 0.0508. The Bertz CT molecular complexity index is 1410. The predicted molar refractivity (Wildman–Crippen MR) is 126 cm³/mol. The number of morpholine rings is 1. The van der Waals surface area contributed by atoms with E-state index in [-0.39, 0.29) is 28.4 Å². The summed E-state index contributed by atoms with van der Waals surface area (Å²) in [6.07, 6.45) is -1.06. The minimum Gasteiger partial charge on any atom is -0.494 e. The molecule has 11 nitrogen and oxygen atoms in total. The number of halogens is 2. The molecule has 1 aliphatic heterocycles. The maximum Gasteiger partial charge on any atom is 0.409 e. The van der Waals surface area contributed by atoms with E-state index >= 15 is 0 Å². The number of alkyl halides is 2. The van der Waals surface area contributed by atoms with Gasteiger partial charge in [-0.05, 0) is 18.2 Å². The van der Waals surface area contributed by atoms with Gasteiger partial charge in [0.2, 0.25) is 5.95 Å². The number of aromatic nitrogens is 5. The van der Waals surface area contributed by atoms with Gasteiger partial charge in [-0.2, -0.15) is 4.98 Å². The summed E-state index contributed by atoms with van der Waals surface area (Å²) < 4.78 is 40.4. The number of carbonyl (C=O) groups is 1. The van der Waals surface area contributed by atoms with Crippen LogP contribution in [0.25, 0.3) is 28.2 Å². The van der Waals surface area contributed by atoms with Crippen LogP contribution in [0.3, 0.4) is 0 Å². The number of anilines is 2. The van der Waals surface area contributed by atoms with Crippen molar-refractivity contribution in [3.63, 3.8) is 0 Å². The monoisotopic (exact) mass is 497 g/mol. The molecule has 1 saturated heterocycles. The van der Waals surface area contributed by atoms with Crippen LogP contribution >= 0.6 is 0 Å². The smallest absolute Gasteiger partial charge is 0.409 e. The molecule has 1 aromatic carbocycles. The molecule has 0 radical (unpaired) electrons. The first kappa shape index (κ1) is 23.4. The second-order valence-electron chi connectivity index (χ2n) is 7.84. The Kier molecular flexibility index (Phi) is 6.29. The number of rotatable bonds is 6. The standard InChI is InChI=1S/C23H21F2N7O4/c1-35-17-10-14(27-23(33)34)9-16-19(17)30-21(20(24)25)32(16)22-28-15(13-3-2-4-26-12-13)11-18(29-22)31-5-7-36-8-6-31/h2-4,9-12,20,27H,5-8H2,1H3,(H,33,34). The van der Waals surface area contributed by atoms with Crippen LogP contribution in [-0.2, 0) is 4.74 Å². The quantitative estimate of drug-likeness (QED) is 0.409. The maximum atomic E-state index is 14.3. The van der Waals surface area contributed by atoms with Crippen LogP contribution in [0.5, 0.6) is 5.75 Å². The lowest BCUT2D eigenvalue weighted by Crippen LogP contribution is -2.37. The molecule has 4 heterocycles. The molecule has 0 saturated carbocycles. The summed E-state index contributed by atoms with van der Waals surface area (Å²) in [6, 6.07) is 8.08. The molecule has 0 spiro atoms. The van der Waals surface area contributed by atoms with Crippen LogP contribution in [-0.4, -0.2) is 69.1 Å². The first-order valence-electron chi connectivity index (χ1n) is 11.0. The minimum atomic E-state index is -2.98. The number of ether oxygens (including phenoxy) is 2. The fourth-order valence-corrected chi connectivity index (χ4v) is 4.01. The van der Waals surface area contributed by atoms with Gasteiger partial charge < -0.3 is 19.5 Å². The summed E-state index contributed by atoms with van der Waals surface area (Å²) in [5, 5.41) is 11.4. The normalized spacial score (nSPS) is 13.8. The Hall–Kier alpha value is -4.39.